The van der Waals surface area contributed by atoms with Gasteiger partial charge in [0, 0.05) is 21.2 Å². The highest BCUT2D eigenvalue weighted by Gasteiger charge is 2.23. The molecule has 5 heteroatoms. The van der Waals surface area contributed by atoms with Gasteiger partial charge in [-0.05, 0) is 49.9 Å². The third-order valence-corrected chi connectivity index (χ3v) is 3.88. The van der Waals surface area contributed by atoms with Crippen molar-refractivity contribution in [3.63, 3.8) is 0 Å². The van der Waals surface area contributed by atoms with E-state index in [1.807, 2.05) is 0 Å². The number of rotatable bonds is 4. The molecule has 0 spiro atoms. The Morgan fingerprint density at radius 1 is 1.06 bits per heavy atom. The van der Waals surface area contributed by atoms with Crippen LogP contribution in [0, 0.1) is 5.82 Å². The van der Waals surface area contributed by atoms with E-state index < -0.39 is 0 Å². The van der Waals surface area contributed by atoms with Crippen LogP contribution in [0.25, 0.3) is 0 Å². The summed E-state index contributed by atoms with van der Waals surface area (Å²) in [5.41, 5.74) is 0. The third kappa shape index (κ3) is 4.30. The second-order valence-electron chi connectivity index (χ2n) is 4.13. The van der Waals surface area contributed by atoms with Crippen LogP contribution in [-0.4, -0.2) is 12.2 Å². The van der Waals surface area contributed by atoms with Crippen LogP contribution < -0.4 is 4.74 Å². The average Bonchev–Trinajstić information content (AvgIpc) is 2.35. The van der Waals surface area contributed by atoms with Crippen LogP contribution in [-0.2, 0) is 4.18 Å². The Bertz CT molecular complexity index is 339. The van der Waals surface area contributed by atoms with E-state index in [0.717, 1.165) is 31.4 Å². The van der Waals surface area contributed by atoms with Crippen LogP contribution in [0.5, 0.6) is 5.75 Å². The first kappa shape index (κ1) is 13.4. The van der Waals surface area contributed by atoms with Crippen molar-refractivity contribution in [2.45, 2.75) is 37.9 Å². The van der Waals surface area contributed by atoms with E-state index in [1.54, 1.807) is 12.1 Å². The minimum absolute atomic E-state index is 0.228. The molecule has 1 aliphatic rings. The van der Waals surface area contributed by atoms with Gasteiger partial charge in [0.25, 0.3) is 0 Å². The van der Waals surface area contributed by atoms with E-state index in [1.165, 1.54) is 21.3 Å². The number of hydrogen-bond acceptors (Lipinski definition) is 3. The predicted molar refractivity (Wildman–Crippen MR) is 75.8 cm³/mol. The Labute approximate surface area is 117 Å². The lowest BCUT2D eigenvalue weighted by atomic mass is 9.95. The summed E-state index contributed by atoms with van der Waals surface area (Å²) in [6, 6.07) is 6.21. The Morgan fingerprint density at radius 2 is 1.65 bits per heavy atom. The molecular weight excluding hydrogens is 354 g/mol. The SMILES string of the molecule is Fc1ccc(O[C@H]2CC[C@@H](OSI)CC2)cc1. The number of benzene rings is 1. The molecule has 0 heterocycles. The zero-order valence-corrected chi connectivity index (χ0v) is 12.2. The summed E-state index contributed by atoms with van der Waals surface area (Å²) >= 11 is 2.14. The van der Waals surface area contributed by atoms with E-state index in [-0.39, 0.29) is 11.9 Å². The van der Waals surface area contributed by atoms with Crippen molar-refractivity contribution in [1.82, 2.24) is 0 Å². The first-order valence-electron chi connectivity index (χ1n) is 5.64. The molecule has 1 aromatic rings. The maximum atomic E-state index is 12.7. The van der Waals surface area contributed by atoms with Crippen molar-refractivity contribution in [2.75, 3.05) is 0 Å². The molecule has 1 aliphatic carbocycles. The molecule has 0 bridgehead atoms. The molecule has 1 saturated carbocycles. The molecule has 1 aromatic carbocycles. The topological polar surface area (TPSA) is 18.5 Å². The van der Waals surface area contributed by atoms with E-state index in [2.05, 4.69) is 21.2 Å². The van der Waals surface area contributed by atoms with Crippen molar-refractivity contribution >= 4 is 30.4 Å². The predicted octanol–water partition coefficient (Wildman–Crippen LogP) is 4.53. The molecule has 94 valence electrons. The summed E-state index contributed by atoms with van der Waals surface area (Å²) in [5, 5.41) is 0. The van der Waals surface area contributed by atoms with Gasteiger partial charge >= 0.3 is 0 Å². The molecule has 0 aliphatic heterocycles. The Balaban J connectivity index is 1.79. The van der Waals surface area contributed by atoms with Gasteiger partial charge in [0.05, 0.1) is 21.4 Å². The molecule has 0 aromatic heterocycles. The smallest absolute Gasteiger partial charge is 0.123 e. The normalized spacial score (nSPS) is 24.6. The van der Waals surface area contributed by atoms with Crippen molar-refractivity contribution < 1.29 is 13.3 Å². The maximum absolute atomic E-state index is 12.7. The largest absolute Gasteiger partial charge is 0.490 e. The van der Waals surface area contributed by atoms with E-state index in [9.17, 15) is 4.39 Å². The van der Waals surface area contributed by atoms with Gasteiger partial charge in [-0.25, -0.2) is 4.39 Å². The highest BCUT2D eigenvalue weighted by Crippen LogP contribution is 2.29. The first-order chi connectivity index (χ1) is 8.28. The van der Waals surface area contributed by atoms with Crippen LogP contribution in [0.15, 0.2) is 24.3 Å². The molecule has 17 heavy (non-hydrogen) atoms. The fourth-order valence-corrected chi connectivity index (χ4v) is 3.18. The standard InChI is InChI=1S/C12H14FIO2S/c13-9-1-3-10(4-2-9)15-11-5-7-12(8-6-11)16-17-14/h1-4,11-12H,5-8H2/t11-,12+. The molecule has 0 unspecified atom stereocenters. The molecule has 0 saturated heterocycles. The van der Waals surface area contributed by atoms with E-state index >= 15 is 0 Å². The zero-order valence-electron chi connectivity index (χ0n) is 9.27. The fraction of sp³-hybridized carbons (Fsp3) is 0.500. The third-order valence-electron chi connectivity index (χ3n) is 2.91. The lowest BCUT2D eigenvalue weighted by molar-refractivity contribution is 0.0935. The van der Waals surface area contributed by atoms with Gasteiger partial charge in [-0.15, -0.1) is 0 Å². The average molecular weight is 368 g/mol. The Morgan fingerprint density at radius 3 is 2.24 bits per heavy atom. The van der Waals surface area contributed by atoms with Crippen molar-refractivity contribution in [3.8, 4) is 5.75 Å². The van der Waals surface area contributed by atoms with Crippen LogP contribution >= 0.6 is 30.4 Å². The highest BCUT2D eigenvalue weighted by molar-refractivity contribution is 14.2. The summed E-state index contributed by atoms with van der Waals surface area (Å²) in [4.78, 5) is 0. The molecule has 0 radical (unpaired) electrons. The van der Waals surface area contributed by atoms with Gasteiger partial charge in [-0.2, -0.15) is 0 Å². The lowest BCUT2D eigenvalue weighted by Gasteiger charge is -2.27. The maximum Gasteiger partial charge on any atom is 0.123 e. The second kappa shape index (κ2) is 6.80. The summed E-state index contributed by atoms with van der Waals surface area (Å²) in [5.74, 6) is 0.521. The highest BCUT2D eigenvalue weighted by atomic mass is 127. The minimum atomic E-state index is -0.228. The van der Waals surface area contributed by atoms with Gasteiger partial charge in [-0.1, -0.05) is 0 Å². The molecular formula is C12H14FIO2S. The van der Waals surface area contributed by atoms with Crippen molar-refractivity contribution in [3.05, 3.63) is 30.1 Å². The molecule has 2 nitrogen and oxygen atoms in total. The summed E-state index contributed by atoms with van der Waals surface area (Å²) in [6.07, 6.45) is 4.65. The lowest BCUT2D eigenvalue weighted by Crippen LogP contribution is -2.27. The number of halogens is 2. The van der Waals surface area contributed by atoms with Gasteiger partial charge in [0.15, 0.2) is 0 Å². The van der Waals surface area contributed by atoms with E-state index in [0.29, 0.717) is 6.10 Å². The Kier molecular flexibility index (Phi) is 5.37. The second-order valence-corrected chi connectivity index (χ2v) is 5.53. The van der Waals surface area contributed by atoms with Gasteiger partial charge < -0.3 is 8.92 Å². The fourth-order valence-electron chi connectivity index (χ4n) is 2.00. The van der Waals surface area contributed by atoms with Gasteiger partial charge in [0.2, 0.25) is 0 Å². The Hall–Kier alpha value is -0.0100. The van der Waals surface area contributed by atoms with Gasteiger partial charge in [0.1, 0.15) is 11.6 Å². The first-order valence-corrected chi connectivity index (χ1v) is 8.92. The van der Waals surface area contributed by atoms with Gasteiger partial charge in [-0.3, -0.25) is 0 Å². The molecule has 2 rings (SSSR count). The number of hydrogen-bond donors (Lipinski definition) is 0. The molecule has 0 N–H and O–H groups in total. The van der Waals surface area contributed by atoms with E-state index in [4.69, 9.17) is 8.92 Å². The molecule has 0 amide bonds. The minimum Gasteiger partial charge on any atom is -0.490 e. The van der Waals surface area contributed by atoms with Crippen molar-refractivity contribution in [2.24, 2.45) is 0 Å². The summed E-state index contributed by atoms with van der Waals surface area (Å²) in [7, 11) is 1.40. The quantitative estimate of drug-likeness (QED) is 0.575. The summed E-state index contributed by atoms with van der Waals surface area (Å²) in [6.45, 7) is 0. The van der Waals surface area contributed by atoms with Crippen LogP contribution in [0.1, 0.15) is 25.7 Å². The molecule has 0 atom stereocenters. The van der Waals surface area contributed by atoms with Crippen LogP contribution in [0.3, 0.4) is 0 Å². The van der Waals surface area contributed by atoms with Crippen LogP contribution in [0.4, 0.5) is 4.39 Å². The monoisotopic (exact) mass is 368 g/mol. The zero-order chi connectivity index (χ0) is 12.1. The van der Waals surface area contributed by atoms with Crippen molar-refractivity contribution in [1.29, 1.82) is 0 Å². The number of ether oxygens (including phenoxy) is 1. The molecule has 1 fully saturated rings. The van der Waals surface area contributed by atoms with Crippen LogP contribution in [0.2, 0.25) is 0 Å². The summed E-state index contributed by atoms with van der Waals surface area (Å²) < 4.78 is 24.0.